The van der Waals surface area contributed by atoms with Crippen LogP contribution in [0.3, 0.4) is 0 Å². The standard InChI is InChI=1S/C15H7F2I3O7S/c16-8-1-2-10(12(17)14(8)28(23,24)25)27-11(21)5-26-15(22)7-3-6(18)4-9(19)13(7)20/h1-4H,5H2,(H,23,24,25). The van der Waals surface area contributed by atoms with Crippen LogP contribution >= 0.6 is 67.8 Å². The lowest BCUT2D eigenvalue weighted by Gasteiger charge is -2.10. The van der Waals surface area contributed by atoms with Gasteiger partial charge >= 0.3 is 22.1 Å². The van der Waals surface area contributed by atoms with E-state index in [1.807, 2.05) is 73.8 Å². The molecule has 0 saturated heterocycles. The van der Waals surface area contributed by atoms with Crippen molar-refractivity contribution in [2.45, 2.75) is 4.90 Å². The van der Waals surface area contributed by atoms with Crippen molar-refractivity contribution in [3.63, 3.8) is 0 Å². The number of halogens is 5. The highest BCUT2D eigenvalue weighted by atomic mass is 127. The van der Waals surface area contributed by atoms with Crippen LogP contribution in [-0.4, -0.2) is 31.5 Å². The highest BCUT2D eigenvalue weighted by Gasteiger charge is 2.26. The zero-order valence-corrected chi connectivity index (χ0v) is 20.5. The fraction of sp³-hybridized carbons (Fsp3) is 0.0667. The van der Waals surface area contributed by atoms with Crippen molar-refractivity contribution in [2.75, 3.05) is 6.61 Å². The van der Waals surface area contributed by atoms with Crippen LogP contribution in [0.15, 0.2) is 29.2 Å². The highest BCUT2D eigenvalue weighted by Crippen LogP contribution is 2.27. The second-order valence-corrected chi connectivity index (χ2v) is 9.81. The van der Waals surface area contributed by atoms with Gasteiger partial charge in [-0.05, 0) is 92.0 Å². The van der Waals surface area contributed by atoms with Crippen molar-refractivity contribution in [2.24, 2.45) is 0 Å². The first-order chi connectivity index (χ1) is 12.9. The van der Waals surface area contributed by atoms with Gasteiger partial charge in [0.05, 0.1) is 5.56 Å². The van der Waals surface area contributed by atoms with Gasteiger partial charge in [-0.25, -0.2) is 18.4 Å². The Morgan fingerprint density at radius 1 is 1.11 bits per heavy atom. The van der Waals surface area contributed by atoms with E-state index in [9.17, 15) is 26.8 Å². The molecule has 13 heteroatoms. The summed E-state index contributed by atoms with van der Waals surface area (Å²) in [6, 6.07) is 4.54. The van der Waals surface area contributed by atoms with Crippen LogP contribution in [0.4, 0.5) is 8.78 Å². The third-order valence-corrected chi connectivity index (χ3v) is 7.59. The summed E-state index contributed by atoms with van der Waals surface area (Å²) in [4.78, 5) is 22.3. The summed E-state index contributed by atoms with van der Waals surface area (Å²) in [5, 5.41) is 0. The molecule has 0 amide bonds. The lowest BCUT2D eigenvalue weighted by molar-refractivity contribution is -0.138. The maximum absolute atomic E-state index is 14.0. The largest absolute Gasteiger partial charge is 0.450 e. The second-order valence-electron chi connectivity index (χ2n) is 4.96. The number of benzene rings is 2. The molecule has 1 N–H and O–H groups in total. The number of rotatable bonds is 5. The number of ether oxygens (including phenoxy) is 2. The molecule has 0 bridgehead atoms. The molecule has 2 aromatic carbocycles. The Kier molecular flexibility index (Phi) is 7.96. The predicted molar refractivity (Wildman–Crippen MR) is 117 cm³/mol. The predicted octanol–water partition coefficient (Wildman–Crippen LogP) is 3.79. The molecule has 0 spiro atoms. The van der Waals surface area contributed by atoms with Crippen molar-refractivity contribution in [1.29, 1.82) is 0 Å². The molecule has 0 aromatic heterocycles. The van der Waals surface area contributed by atoms with Gasteiger partial charge in [0.15, 0.2) is 23.1 Å². The maximum atomic E-state index is 14.0. The van der Waals surface area contributed by atoms with Crippen LogP contribution in [0.2, 0.25) is 0 Å². The summed E-state index contributed by atoms with van der Waals surface area (Å²) in [5.74, 6) is -6.36. The van der Waals surface area contributed by atoms with Gasteiger partial charge in [-0.2, -0.15) is 8.42 Å². The SMILES string of the molecule is O=C(COC(=O)c1cc(I)cc(I)c1I)Oc1ccc(F)c(S(=O)(=O)O)c1F. The molecule has 150 valence electrons. The van der Waals surface area contributed by atoms with E-state index in [1.54, 1.807) is 6.07 Å². The summed E-state index contributed by atoms with van der Waals surface area (Å²) in [5.41, 5.74) is 0.214. The lowest BCUT2D eigenvalue weighted by Crippen LogP contribution is -2.20. The van der Waals surface area contributed by atoms with Gasteiger partial charge in [-0.1, -0.05) is 0 Å². The Bertz CT molecular complexity index is 1070. The molecule has 7 nitrogen and oxygen atoms in total. The van der Waals surface area contributed by atoms with E-state index < -0.39 is 50.9 Å². The van der Waals surface area contributed by atoms with Gasteiger partial charge in [-0.3, -0.25) is 4.55 Å². The molecule has 0 aliphatic rings. The minimum Gasteiger partial charge on any atom is -0.450 e. The minimum atomic E-state index is -5.23. The first-order valence-electron chi connectivity index (χ1n) is 6.89. The number of esters is 2. The van der Waals surface area contributed by atoms with Crippen molar-refractivity contribution in [3.05, 3.63) is 52.2 Å². The third-order valence-electron chi connectivity index (χ3n) is 3.03. The lowest BCUT2D eigenvalue weighted by atomic mass is 10.2. The molecule has 0 heterocycles. The molecular formula is C15H7F2I3O7S. The first kappa shape index (κ1) is 23.6. The topological polar surface area (TPSA) is 107 Å². The molecule has 0 saturated carbocycles. The van der Waals surface area contributed by atoms with Crippen LogP contribution in [-0.2, 0) is 19.6 Å². The number of hydrogen-bond acceptors (Lipinski definition) is 6. The smallest absolute Gasteiger partial charge is 0.349 e. The van der Waals surface area contributed by atoms with Crippen LogP contribution in [0.25, 0.3) is 0 Å². The van der Waals surface area contributed by atoms with Gasteiger partial charge in [0.2, 0.25) is 0 Å². The molecule has 2 aromatic rings. The van der Waals surface area contributed by atoms with E-state index in [4.69, 9.17) is 9.29 Å². The second kappa shape index (κ2) is 9.43. The van der Waals surface area contributed by atoms with Crippen molar-refractivity contribution in [3.8, 4) is 5.75 Å². The number of carbonyl (C=O) groups is 2. The average molecular weight is 750 g/mol. The summed E-state index contributed by atoms with van der Waals surface area (Å²) in [6.07, 6.45) is 0. The quantitative estimate of drug-likeness (QED) is 0.163. The monoisotopic (exact) mass is 750 g/mol. The van der Waals surface area contributed by atoms with Gasteiger partial charge in [0, 0.05) is 10.7 Å². The molecular weight excluding hydrogens is 743 g/mol. The molecule has 2 rings (SSSR count). The van der Waals surface area contributed by atoms with Gasteiger partial charge in [0.25, 0.3) is 0 Å². The van der Waals surface area contributed by atoms with E-state index in [1.165, 1.54) is 0 Å². The van der Waals surface area contributed by atoms with E-state index in [0.29, 0.717) is 15.7 Å². The minimum absolute atomic E-state index is 0.214. The summed E-state index contributed by atoms with van der Waals surface area (Å²) in [7, 11) is -5.23. The van der Waals surface area contributed by atoms with Gasteiger partial charge < -0.3 is 9.47 Å². The maximum Gasteiger partial charge on any atom is 0.349 e. The molecule has 0 aliphatic heterocycles. The fourth-order valence-electron chi connectivity index (χ4n) is 1.89. The number of hydrogen-bond donors (Lipinski definition) is 1. The normalized spacial score (nSPS) is 11.2. The summed E-state index contributed by atoms with van der Waals surface area (Å²) in [6.45, 7) is -0.908. The summed E-state index contributed by atoms with van der Waals surface area (Å²) < 4.78 is 69.9. The third kappa shape index (κ3) is 5.70. The van der Waals surface area contributed by atoms with E-state index in [0.717, 1.165) is 7.14 Å². The average Bonchev–Trinajstić information content (AvgIpc) is 2.57. The van der Waals surface area contributed by atoms with Gasteiger partial charge in [0.1, 0.15) is 5.82 Å². The fourth-order valence-corrected chi connectivity index (χ4v) is 4.91. The Balaban J connectivity index is 2.13. The van der Waals surface area contributed by atoms with Crippen LogP contribution in [0, 0.1) is 22.3 Å². The number of carbonyl (C=O) groups excluding carboxylic acids is 2. The van der Waals surface area contributed by atoms with Crippen molar-refractivity contribution in [1.82, 2.24) is 0 Å². The Hall–Kier alpha value is -0.660. The zero-order chi connectivity index (χ0) is 21.2. The molecule has 0 fully saturated rings. The zero-order valence-electron chi connectivity index (χ0n) is 13.2. The summed E-state index contributed by atoms with van der Waals surface area (Å²) >= 11 is 5.97. The van der Waals surface area contributed by atoms with Crippen LogP contribution in [0.5, 0.6) is 5.75 Å². The first-order valence-corrected chi connectivity index (χ1v) is 11.6. The molecule has 0 unspecified atom stereocenters. The van der Waals surface area contributed by atoms with E-state index in [2.05, 4.69) is 4.74 Å². The van der Waals surface area contributed by atoms with E-state index in [-0.39, 0.29) is 5.56 Å². The van der Waals surface area contributed by atoms with Crippen molar-refractivity contribution >= 4 is 89.8 Å². The van der Waals surface area contributed by atoms with Crippen LogP contribution < -0.4 is 4.74 Å². The molecule has 0 aliphatic carbocycles. The van der Waals surface area contributed by atoms with Crippen molar-refractivity contribution < 1.29 is 40.8 Å². The molecule has 28 heavy (non-hydrogen) atoms. The van der Waals surface area contributed by atoms with Gasteiger partial charge in [-0.15, -0.1) is 0 Å². The molecule has 0 atom stereocenters. The van der Waals surface area contributed by atoms with Crippen LogP contribution in [0.1, 0.15) is 10.4 Å². The highest BCUT2D eigenvalue weighted by molar-refractivity contribution is 14.1. The molecule has 0 radical (unpaired) electrons. The van der Waals surface area contributed by atoms with E-state index >= 15 is 0 Å². The Labute approximate surface area is 198 Å². The Morgan fingerprint density at radius 2 is 1.75 bits per heavy atom. The Morgan fingerprint density at radius 3 is 2.36 bits per heavy atom.